The molecule has 0 aromatic heterocycles. The number of hydrogen-bond acceptors (Lipinski definition) is 2. The summed E-state index contributed by atoms with van der Waals surface area (Å²) in [5.74, 6) is -3.69. The van der Waals surface area contributed by atoms with Crippen LogP contribution in [-0.4, -0.2) is 0 Å². The summed E-state index contributed by atoms with van der Waals surface area (Å²) >= 11 is 0. The average molecular weight is 208 g/mol. The van der Waals surface area contributed by atoms with E-state index in [1.54, 1.807) is 0 Å². The lowest BCUT2D eigenvalue weighted by Crippen LogP contribution is -1.93. The van der Waals surface area contributed by atoms with Gasteiger partial charge in [-0.1, -0.05) is 0 Å². The van der Waals surface area contributed by atoms with Crippen LogP contribution < -0.4 is 0 Å². The van der Waals surface area contributed by atoms with E-state index in [2.05, 4.69) is 0 Å². The highest BCUT2D eigenvalue weighted by Gasteiger charge is 2.12. The molecule has 0 aliphatic heterocycles. The molecule has 0 spiro atoms. The second kappa shape index (κ2) is 4.30. The normalized spacial score (nSPS) is 8.87. The molecule has 0 heterocycles. The van der Waals surface area contributed by atoms with E-state index in [1.807, 2.05) is 0 Å². The van der Waals surface area contributed by atoms with Crippen LogP contribution in [0.2, 0.25) is 0 Å². The van der Waals surface area contributed by atoms with E-state index in [0.717, 1.165) is 6.07 Å². The molecule has 74 valence electrons. The van der Waals surface area contributed by atoms with Crippen molar-refractivity contribution in [3.05, 3.63) is 40.7 Å². The lowest BCUT2D eigenvalue weighted by molar-refractivity contribution is 0.492. The molecule has 0 N–H and O–H groups in total. The summed E-state index contributed by atoms with van der Waals surface area (Å²) in [4.78, 5) is 0. The number of hydrogen-bond donors (Lipinski definition) is 0. The fourth-order valence-electron chi connectivity index (χ4n) is 0.909. The maximum Gasteiger partial charge on any atom is 0.169 e. The minimum Gasteiger partial charge on any atom is -0.206 e. The first-order chi connectivity index (χ1) is 7.10. The number of rotatable bonds is 1. The highest BCUT2D eigenvalue weighted by molar-refractivity contribution is 5.62. The summed E-state index contributed by atoms with van der Waals surface area (Å²) in [5, 5.41) is 16.7. The smallest absolute Gasteiger partial charge is 0.169 e. The summed E-state index contributed by atoms with van der Waals surface area (Å²) in [6.45, 7) is 0. The second-order valence-electron chi connectivity index (χ2n) is 2.54. The van der Waals surface area contributed by atoms with Gasteiger partial charge in [0.05, 0.1) is 5.56 Å². The molecular weight excluding hydrogens is 205 g/mol. The first kappa shape index (κ1) is 10.8. The van der Waals surface area contributed by atoms with Gasteiger partial charge in [0.1, 0.15) is 23.5 Å². The Labute approximate surface area is 83.5 Å². The zero-order valence-electron chi connectivity index (χ0n) is 7.26. The number of allylic oxidation sites excluding steroid dienone is 1. The Morgan fingerprint density at radius 1 is 1.07 bits per heavy atom. The Hall–Kier alpha value is -2.27. The molecule has 0 saturated carbocycles. The van der Waals surface area contributed by atoms with E-state index >= 15 is 0 Å². The van der Waals surface area contributed by atoms with E-state index in [0.29, 0.717) is 12.1 Å². The quantitative estimate of drug-likeness (QED) is 0.525. The van der Waals surface area contributed by atoms with Crippen LogP contribution in [0, 0.1) is 40.1 Å². The third-order valence-electron chi connectivity index (χ3n) is 1.61. The van der Waals surface area contributed by atoms with Crippen molar-refractivity contribution in [3.63, 3.8) is 0 Å². The molecule has 1 aromatic carbocycles. The van der Waals surface area contributed by atoms with Crippen molar-refractivity contribution in [2.24, 2.45) is 0 Å². The van der Waals surface area contributed by atoms with E-state index in [4.69, 9.17) is 10.5 Å². The van der Waals surface area contributed by atoms with Crippen molar-refractivity contribution < 1.29 is 13.2 Å². The van der Waals surface area contributed by atoms with Crippen LogP contribution in [0.15, 0.2) is 17.7 Å². The lowest BCUT2D eigenvalue weighted by Gasteiger charge is -1.99. The minimum absolute atomic E-state index is 0.501. The van der Waals surface area contributed by atoms with Gasteiger partial charge in [0.2, 0.25) is 0 Å². The molecule has 0 saturated heterocycles. The van der Waals surface area contributed by atoms with Gasteiger partial charge in [0.15, 0.2) is 11.6 Å². The largest absolute Gasteiger partial charge is 0.206 e. The fourth-order valence-corrected chi connectivity index (χ4v) is 0.909. The van der Waals surface area contributed by atoms with Crippen LogP contribution in [0.5, 0.6) is 0 Å². The summed E-state index contributed by atoms with van der Waals surface area (Å²) in [6, 6.07) is 4.18. The van der Waals surface area contributed by atoms with Crippen LogP contribution in [0.4, 0.5) is 13.2 Å². The highest BCUT2D eigenvalue weighted by Crippen LogP contribution is 2.18. The molecule has 0 aliphatic carbocycles. The molecule has 1 rings (SSSR count). The molecule has 0 radical (unpaired) electrons. The van der Waals surface area contributed by atoms with Crippen molar-refractivity contribution in [2.75, 3.05) is 0 Å². The zero-order chi connectivity index (χ0) is 11.4. The minimum atomic E-state index is -1.42. The average Bonchev–Trinajstić information content (AvgIpc) is 2.24. The third kappa shape index (κ3) is 2.15. The summed E-state index contributed by atoms with van der Waals surface area (Å²) in [5.41, 5.74) is -1.23. The summed E-state index contributed by atoms with van der Waals surface area (Å²) in [7, 11) is 0. The zero-order valence-corrected chi connectivity index (χ0v) is 7.26. The van der Waals surface area contributed by atoms with Crippen LogP contribution in [0.25, 0.3) is 6.08 Å². The maximum atomic E-state index is 13.0. The number of nitrogens with zero attached hydrogens (tertiary/aromatic N) is 2. The van der Waals surface area contributed by atoms with Gasteiger partial charge in [0.25, 0.3) is 0 Å². The predicted octanol–water partition coefficient (Wildman–Crippen LogP) is 2.53. The Morgan fingerprint density at radius 3 is 2.13 bits per heavy atom. The van der Waals surface area contributed by atoms with Gasteiger partial charge in [-0.15, -0.1) is 0 Å². The number of benzene rings is 1. The Bertz CT molecular complexity index is 491. The third-order valence-corrected chi connectivity index (χ3v) is 1.61. The topological polar surface area (TPSA) is 47.6 Å². The van der Waals surface area contributed by atoms with E-state index in [-0.39, 0.29) is 0 Å². The van der Waals surface area contributed by atoms with Gasteiger partial charge in [0, 0.05) is 0 Å². The van der Waals surface area contributed by atoms with Gasteiger partial charge < -0.3 is 0 Å². The fraction of sp³-hybridized carbons (Fsp3) is 0. The van der Waals surface area contributed by atoms with Crippen LogP contribution in [-0.2, 0) is 0 Å². The lowest BCUT2D eigenvalue weighted by atomic mass is 10.1. The van der Waals surface area contributed by atoms with Crippen molar-refractivity contribution in [2.45, 2.75) is 0 Å². The first-order valence-electron chi connectivity index (χ1n) is 3.75. The van der Waals surface area contributed by atoms with Crippen LogP contribution >= 0.6 is 0 Å². The van der Waals surface area contributed by atoms with Crippen molar-refractivity contribution >= 4 is 6.08 Å². The molecule has 0 fully saturated rings. The molecule has 5 heteroatoms. The van der Waals surface area contributed by atoms with Gasteiger partial charge in [-0.05, 0) is 18.2 Å². The SMILES string of the molecule is N#CC(C#N)=Cc1c(F)ccc(F)c1F. The predicted molar refractivity (Wildman–Crippen MR) is 45.5 cm³/mol. The van der Waals surface area contributed by atoms with Gasteiger partial charge in [-0.25, -0.2) is 13.2 Å². The standard InChI is InChI=1S/C10H3F3N2/c11-8-1-2-9(12)10(13)7(8)3-6(4-14)5-15/h1-3H. The monoisotopic (exact) mass is 208 g/mol. The Morgan fingerprint density at radius 2 is 1.60 bits per heavy atom. The van der Waals surface area contributed by atoms with Crippen molar-refractivity contribution in [1.29, 1.82) is 10.5 Å². The van der Waals surface area contributed by atoms with E-state index in [9.17, 15) is 13.2 Å². The Balaban J connectivity index is 3.40. The van der Waals surface area contributed by atoms with Gasteiger partial charge >= 0.3 is 0 Å². The summed E-state index contributed by atoms with van der Waals surface area (Å²) in [6.07, 6.45) is 0.660. The molecule has 2 nitrogen and oxygen atoms in total. The van der Waals surface area contributed by atoms with E-state index in [1.165, 1.54) is 12.1 Å². The number of nitriles is 2. The van der Waals surface area contributed by atoms with E-state index < -0.39 is 28.6 Å². The molecule has 0 bridgehead atoms. The highest BCUT2D eigenvalue weighted by atomic mass is 19.2. The number of halogens is 3. The molecule has 0 atom stereocenters. The van der Waals surface area contributed by atoms with Crippen molar-refractivity contribution in [3.8, 4) is 12.1 Å². The van der Waals surface area contributed by atoms with Crippen LogP contribution in [0.1, 0.15) is 5.56 Å². The summed E-state index contributed by atoms with van der Waals surface area (Å²) < 4.78 is 38.7. The molecular formula is C10H3F3N2. The molecule has 15 heavy (non-hydrogen) atoms. The second-order valence-corrected chi connectivity index (χ2v) is 2.54. The molecule has 0 unspecified atom stereocenters. The molecule has 0 amide bonds. The first-order valence-corrected chi connectivity index (χ1v) is 3.75. The molecule has 1 aromatic rings. The van der Waals surface area contributed by atoms with Gasteiger partial charge in [-0.3, -0.25) is 0 Å². The van der Waals surface area contributed by atoms with Gasteiger partial charge in [-0.2, -0.15) is 10.5 Å². The Kier molecular flexibility index (Phi) is 3.10. The maximum absolute atomic E-state index is 13.0. The molecule has 0 aliphatic rings. The van der Waals surface area contributed by atoms with Crippen molar-refractivity contribution in [1.82, 2.24) is 0 Å². The van der Waals surface area contributed by atoms with Crippen LogP contribution in [0.3, 0.4) is 0 Å².